The highest BCUT2D eigenvalue weighted by atomic mass is 32.1. The lowest BCUT2D eigenvalue weighted by atomic mass is 10.0. The number of hydrogen-bond acceptors (Lipinski definition) is 3. The van der Waals surface area contributed by atoms with Crippen LogP contribution in [-0.4, -0.2) is 41.5 Å². The van der Waals surface area contributed by atoms with E-state index in [0.29, 0.717) is 11.5 Å². The van der Waals surface area contributed by atoms with E-state index < -0.39 is 11.6 Å². The third-order valence-electron chi connectivity index (χ3n) is 3.48. The number of piperidine rings is 1. The minimum Gasteiger partial charge on any atom is -0.392 e. The van der Waals surface area contributed by atoms with Crippen LogP contribution in [0.25, 0.3) is 0 Å². The summed E-state index contributed by atoms with van der Waals surface area (Å²) >= 11 is 4.86. The quantitative estimate of drug-likeness (QED) is 0.826. The molecule has 0 saturated carbocycles. The van der Waals surface area contributed by atoms with Crippen molar-refractivity contribution >= 4 is 23.1 Å². The Labute approximate surface area is 127 Å². The van der Waals surface area contributed by atoms with E-state index in [2.05, 4.69) is 10.2 Å². The van der Waals surface area contributed by atoms with Crippen LogP contribution in [0.15, 0.2) is 18.2 Å². The molecule has 1 aliphatic rings. The molecule has 2 rings (SSSR count). The topological polar surface area (TPSA) is 58.4 Å². The largest absolute Gasteiger partial charge is 0.392 e. The normalized spacial score (nSPS) is 16.7. The predicted molar refractivity (Wildman–Crippen MR) is 80.1 cm³/mol. The number of nitrogens with zero attached hydrogens (tertiary/aromatic N) is 1. The lowest BCUT2D eigenvalue weighted by molar-refractivity contribution is 0.0914. The molecule has 0 atom stereocenters. The van der Waals surface area contributed by atoms with Crippen molar-refractivity contribution in [2.75, 3.05) is 19.6 Å². The van der Waals surface area contributed by atoms with Gasteiger partial charge in [0.2, 0.25) is 0 Å². The van der Waals surface area contributed by atoms with Gasteiger partial charge in [-0.05, 0) is 31.0 Å². The van der Waals surface area contributed by atoms with Gasteiger partial charge in [0.15, 0.2) is 11.6 Å². The van der Waals surface area contributed by atoms with Crippen molar-refractivity contribution in [3.05, 3.63) is 35.4 Å². The highest BCUT2D eigenvalue weighted by Crippen LogP contribution is 2.12. The molecule has 0 radical (unpaired) electrons. The summed E-state index contributed by atoms with van der Waals surface area (Å²) in [5, 5.41) is 2.84. The van der Waals surface area contributed by atoms with Crippen molar-refractivity contribution in [3.8, 4) is 0 Å². The zero-order valence-electron chi connectivity index (χ0n) is 11.4. The number of nitrogens with one attached hydrogen (secondary N) is 1. The average molecular weight is 313 g/mol. The molecule has 0 aromatic heterocycles. The number of hydrogen-bond donors (Lipinski definition) is 2. The zero-order valence-corrected chi connectivity index (χ0v) is 12.3. The molecule has 21 heavy (non-hydrogen) atoms. The number of halogens is 2. The molecule has 3 N–H and O–H groups in total. The molecule has 1 aliphatic heterocycles. The second kappa shape index (κ2) is 6.91. The van der Waals surface area contributed by atoms with Crippen LogP contribution in [0.1, 0.15) is 23.2 Å². The lowest BCUT2D eigenvalue weighted by Crippen LogP contribution is -2.46. The van der Waals surface area contributed by atoms with E-state index >= 15 is 0 Å². The van der Waals surface area contributed by atoms with Crippen molar-refractivity contribution in [2.24, 2.45) is 5.73 Å². The zero-order chi connectivity index (χ0) is 15.4. The summed E-state index contributed by atoms with van der Waals surface area (Å²) in [7, 11) is 0. The molecular weight excluding hydrogens is 296 g/mol. The second-order valence-corrected chi connectivity index (χ2v) is 5.64. The molecule has 1 fully saturated rings. The van der Waals surface area contributed by atoms with Crippen molar-refractivity contribution < 1.29 is 13.6 Å². The first-order valence-electron chi connectivity index (χ1n) is 6.72. The monoisotopic (exact) mass is 313 g/mol. The third-order valence-corrected chi connectivity index (χ3v) is 3.61. The van der Waals surface area contributed by atoms with E-state index in [1.54, 1.807) is 0 Å². The Balaban J connectivity index is 1.86. The van der Waals surface area contributed by atoms with Crippen molar-refractivity contribution in [2.45, 2.75) is 18.9 Å². The summed E-state index contributed by atoms with van der Waals surface area (Å²) in [6, 6.07) is 3.16. The van der Waals surface area contributed by atoms with E-state index in [4.69, 9.17) is 18.0 Å². The molecule has 4 nitrogen and oxygen atoms in total. The van der Waals surface area contributed by atoms with Gasteiger partial charge in [-0.2, -0.15) is 0 Å². The Morgan fingerprint density at radius 1 is 1.33 bits per heavy atom. The summed E-state index contributed by atoms with van der Waals surface area (Å²) in [5.41, 5.74) is 5.62. The molecule has 0 aliphatic carbocycles. The molecule has 0 spiro atoms. The summed E-state index contributed by atoms with van der Waals surface area (Å²) in [6.07, 6.45) is 1.55. The highest BCUT2D eigenvalue weighted by molar-refractivity contribution is 7.80. The fourth-order valence-corrected chi connectivity index (χ4v) is 2.54. The first kappa shape index (κ1) is 15.8. The first-order valence-corrected chi connectivity index (χ1v) is 7.13. The standard InChI is InChI=1S/C14H17F2N3OS/c15-11-2-1-9(7-12(11)16)14(20)18-10-3-5-19(6-4-10)8-13(17)21/h1-2,7,10H,3-6,8H2,(H2,17,21)(H,18,20). The fraction of sp³-hybridized carbons (Fsp3) is 0.429. The SMILES string of the molecule is NC(=S)CN1CCC(NC(=O)c2ccc(F)c(F)c2)CC1. The van der Waals surface area contributed by atoms with Crippen LogP contribution in [-0.2, 0) is 0 Å². The van der Waals surface area contributed by atoms with E-state index in [1.807, 2.05) is 0 Å². The van der Waals surface area contributed by atoms with Crippen LogP contribution in [0.4, 0.5) is 8.78 Å². The van der Waals surface area contributed by atoms with Crippen LogP contribution in [0, 0.1) is 11.6 Å². The van der Waals surface area contributed by atoms with Gasteiger partial charge < -0.3 is 11.1 Å². The highest BCUT2D eigenvalue weighted by Gasteiger charge is 2.21. The van der Waals surface area contributed by atoms with Gasteiger partial charge >= 0.3 is 0 Å². The van der Waals surface area contributed by atoms with Crippen molar-refractivity contribution in [1.82, 2.24) is 10.2 Å². The van der Waals surface area contributed by atoms with Gasteiger partial charge in [-0.1, -0.05) is 12.2 Å². The molecular formula is C14H17F2N3OS. The predicted octanol–water partition coefficient (Wildman–Crippen LogP) is 1.45. The molecule has 114 valence electrons. The number of benzene rings is 1. The number of rotatable bonds is 4. The van der Waals surface area contributed by atoms with Gasteiger partial charge in [0.05, 0.1) is 4.99 Å². The summed E-state index contributed by atoms with van der Waals surface area (Å²) in [4.78, 5) is 14.6. The second-order valence-electron chi connectivity index (χ2n) is 5.12. The van der Waals surface area contributed by atoms with Gasteiger partial charge in [0.1, 0.15) is 0 Å². The van der Waals surface area contributed by atoms with Crippen LogP contribution < -0.4 is 11.1 Å². The number of likely N-dealkylation sites (tertiary alicyclic amines) is 1. The van der Waals surface area contributed by atoms with Gasteiger partial charge in [-0.3, -0.25) is 9.69 Å². The van der Waals surface area contributed by atoms with E-state index in [0.717, 1.165) is 38.1 Å². The molecule has 0 bridgehead atoms. The molecule has 1 saturated heterocycles. The molecule has 1 aromatic carbocycles. The molecule has 7 heteroatoms. The van der Waals surface area contributed by atoms with E-state index in [1.165, 1.54) is 6.07 Å². The molecule has 1 amide bonds. The molecule has 0 unspecified atom stereocenters. The van der Waals surface area contributed by atoms with Gasteiger partial charge in [0, 0.05) is 31.2 Å². The Hall–Kier alpha value is -1.60. The number of carbonyl (C=O) groups is 1. The Morgan fingerprint density at radius 2 is 2.00 bits per heavy atom. The third kappa shape index (κ3) is 4.44. The number of carbonyl (C=O) groups excluding carboxylic acids is 1. The minimum absolute atomic E-state index is 0.0215. The number of amides is 1. The summed E-state index contributed by atoms with van der Waals surface area (Å²) < 4.78 is 25.9. The van der Waals surface area contributed by atoms with Crippen LogP contribution in [0.3, 0.4) is 0 Å². The van der Waals surface area contributed by atoms with E-state index in [-0.39, 0.29) is 17.5 Å². The van der Waals surface area contributed by atoms with Gasteiger partial charge in [-0.25, -0.2) is 8.78 Å². The van der Waals surface area contributed by atoms with Crippen molar-refractivity contribution in [1.29, 1.82) is 0 Å². The fourth-order valence-electron chi connectivity index (χ4n) is 2.36. The minimum atomic E-state index is -1.02. The van der Waals surface area contributed by atoms with Gasteiger partial charge in [-0.15, -0.1) is 0 Å². The summed E-state index contributed by atoms with van der Waals surface area (Å²) in [6.45, 7) is 2.17. The molecule has 1 aromatic rings. The van der Waals surface area contributed by atoms with Gasteiger partial charge in [0.25, 0.3) is 5.91 Å². The van der Waals surface area contributed by atoms with Crippen molar-refractivity contribution in [3.63, 3.8) is 0 Å². The van der Waals surface area contributed by atoms with Crippen LogP contribution in [0.2, 0.25) is 0 Å². The Kier molecular flexibility index (Phi) is 5.19. The van der Waals surface area contributed by atoms with Crippen LogP contribution in [0.5, 0.6) is 0 Å². The number of nitrogens with two attached hydrogens (primary N) is 1. The average Bonchev–Trinajstić information content (AvgIpc) is 2.43. The Morgan fingerprint density at radius 3 is 2.57 bits per heavy atom. The lowest BCUT2D eigenvalue weighted by Gasteiger charge is -2.31. The maximum Gasteiger partial charge on any atom is 0.251 e. The summed E-state index contributed by atoms with van der Waals surface area (Å²) in [5.74, 6) is -2.37. The maximum absolute atomic E-state index is 13.1. The van der Waals surface area contributed by atoms with E-state index in [9.17, 15) is 13.6 Å². The van der Waals surface area contributed by atoms with Crippen LogP contribution >= 0.6 is 12.2 Å². The smallest absolute Gasteiger partial charge is 0.251 e. The first-order chi connectivity index (χ1) is 9.95. The maximum atomic E-state index is 13.1. The Bertz CT molecular complexity index is 545. The number of thiocarbonyl (C=S) groups is 1. The molecule has 1 heterocycles.